The standard InChI is InChI=1S/C36H42N4O5/c1-24-20-40(25(2)23-41)35(42)19-28-18-29(37-36(43)38-32-11-7-9-27-8-5-6-10-31(27)32)14-17-33(28)45-34(24)22-39(3)21-26-12-15-30(44-4)16-13-26/h5-18,24-25,34,41H,19-23H2,1-4H3,(H2,37,38,43)/t24-,25-,34-/m1/s1. The first kappa shape index (κ1) is 31.8. The molecule has 236 valence electrons. The van der Waals surface area contributed by atoms with E-state index >= 15 is 0 Å². The van der Waals surface area contributed by atoms with Gasteiger partial charge in [0, 0.05) is 42.2 Å². The van der Waals surface area contributed by atoms with Crippen LogP contribution in [-0.4, -0.2) is 72.8 Å². The van der Waals surface area contributed by atoms with Crippen molar-refractivity contribution < 1.29 is 24.2 Å². The van der Waals surface area contributed by atoms with Crippen LogP contribution < -0.4 is 20.1 Å². The lowest BCUT2D eigenvalue weighted by Crippen LogP contribution is -2.47. The smallest absolute Gasteiger partial charge is 0.323 e. The van der Waals surface area contributed by atoms with Crippen LogP contribution in [0.15, 0.2) is 84.9 Å². The number of nitrogens with zero attached hydrogens (tertiary/aromatic N) is 2. The van der Waals surface area contributed by atoms with Crippen LogP contribution in [0.4, 0.5) is 16.2 Å². The highest BCUT2D eigenvalue weighted by molar-refractivity contribution is 6.06. The minimum absolute atomic E-state index is 0.0171. The van der Waals surface area contributed by atoms with Gasteiger partial charge in [-0.3, -0.25) is 9.69 Å². The molecule has 45 heavy (non-hydrogen) atoms. The fraction of sp³-hybridized carbons (Fsp3) is 0.333. The van der Waals surface area contributed by atoms with Crippen LogP contribution >= 0.6 is 0 Å². The summed E-state index contributed by atoms with van der Waals surface area (Å²) >= 11 is 0. The molecule has 0 fully saturated rings. The SMILES string of the molecule is COc1ccc(CN(C)C[C@H]2Oc3ccc(NC(=O)Nc4cccc5ccccc45)cc3CC(=O)N([C@H](C)CO)C[C@H]2C)cc1. The zero-order valence-corrected chi connectivity index (χ0v) is 26.3. The average molecular weight is 611 g/mol. The van der Waals surface area contributed by atoms with Crippen LogP contribution in [0.2, 0.25) is 0 Å². The summed E-state index contributed by atoms with van der Waals surface area (Å²) in [4.78, 5) is 30.6. The van der Waals surface area contributed by atoms with Crippen LogP contribution in [0, 0.1) is 5.92 Å². The van der Waals surface area contributed by atoms with E-state index in [0.29, 0.717) is 42.3 Å². The summed E-state index contributed by atoms with van der Waals surface area (Å²) < 4.78 is 11.9. The first-order chi connectivity index (χ1) is 21.7. The first-order valence-corrected chi connectivity index (χ1v) is 15.3. The number of fused-ring (bicyclic) bond motifs is 2. The van der Waals surface area contributed by atoms with E-state index in [0.717, 1.165) is 22.1 Å². The maximum absolute atomic E-state index is 13.6. The normalized spacial score (nSPS) is 17.5. The molecule has 1 heterocycles. The summed E-state index contributed by atoms with van der Waals surface area (Å²) in [6, 6.07) is 26.3. The molecule has 0 aromatic heterocycles. The largest absolute Gasteiger partial charge is 0.497 e. The van der Waals surface area contributed by atoms with Gasteiger partial charge in [-0.15, -0.1) is 0 Å². The molecule has 3 amide bonds. The second-order valence-electron chi connectivity index (χ2n) is 11.9. The van der Waals surface area contributed by atoms with Crippen molar-refractivity contribution in [2.45, 2.75) is 39.0 Å². The van der Waals surface area contributed by atoms with E-state index in [1.54, 1.807) is 24.1 Å². The van der Waals surface area contributed by atoms with Crippen molar-refractivity contribution >= 4 is 34.1 Å². The molecular formula is C36H42N4O5. The third kappa shape index (κ3) is 7.92. The lowest BCUT2D eigenvalue weighted by atomic mass is 10.0. The third-order valence-electron chi connectivity index (χ3n) is 8.32. The molecule has 0 bridgehead atoms. The first-order valence-electron chi connectivity index (χ1n) is 15.3. The van der Waals surface area contributed by atoms with Gasteiger partial charge in [-0.1, -0.05) is 55.5 Å². The molecule has 0 saturated heterocycles. The van der Waals surface area contributed by atoms with Crippen molar-refractivity contribution in [2.24, 2.45) is 5.92 Å². The highest BCUT2D eigenvalue weighted by Crippen LogP contribution is 2.30. The van der Waals surface area contributed by atoms with Crippen LogP contribution in [0.5, 0.6) is 11.5 Å². The number of aliphatic hydroxyl groups excluding tert-OH is 1. The molecular weight excluding hydrogens is 568 g/mol. The molecule has 9 heteroatoms. The monoisotopic (exact) mass is 610 g/mol. The average Bonchev–Trinajstić information content (AvgIpc) is 3.08. The molecule has 0 saturated carbocycles. The quantitative estimate of drug-likeness (QED) is 0.222. The van der Waals surface area contributed by atoms with Crippen molar-refractivity contribution in [3.8, 4) is 11.5 Å². The lowest BCUT2D eigenvalue weighted by Gasteiger charge is -2.34. The Morgan fingerprint density at radius 2 is 1.82 bits per heavy atom. The van der Waals surface area contributed by atoms with E-state index in [9.17, 15) is 14.7 Å². The molecule has 4 aromatic carbocycles. The number of amides is 3. The summed E-state index contributed by atoms with van der Waals surface area (Å²) in [6.45, 7) is 5.58. The van der Waals surface area contributed by atoms with Crippen molar-refractivity contribution in [1.29, 1.82) is 0 Å². The number of likely N-dealkylation sites (N-methyl/N-ethyl adjacent to an activating group) is 1. The van der Waals surface area contributed by atoms with Gasteiger partial charge in [-0.05, 0) is 61.3 Å². The second kappa shape index (κ2) is 14.5. The van der Waals surface area contributed by atoms with Crippen LogP contribution in [0.3, 0.4) is 0 Å². The second-order valence-corrected chi connectivity index (χ2v) is 11.9. The van der Waals surface area contributed by atoms with E-state index in [1.807, 2.05) is 79.7 Å². The number of methoxy groups -OCH3 is 1. The molecule has 3 atom stereocenters. The van der Waals surface area contributed by atoms with Crippen LogP contribution in [0.25, 0.3) is 10.8 Å². The Balaban J connectivity index is 1.36. The van der Waals surface area contributed by atoms with Gasteiger partial charge >= 0.3 is 6.03 Å². The molecule has 0 spiro atoms. The number of rotatable bonds is 9. The fourth-order valence-corrected chi connectivity index (χ4v) is 5.76. The van der Waals surface area contributed by atoms with Gasteiger partial charge in [0.05, 0.1) is 31.9 Å². The third-order valence-corrected chi connectivity index (χ3v) is 8.32. The van der Waals surface area contributed by atoms with Gasteiger partial charge < -0.3 is 30.1 Å². The molecule has 9 nitrogen and oxygen atoms in total. The van der Waals surface area contributed by atoms with E-state index < -0.39 is 0 Å². The van der Waals surface area contributed by atoms with Crippen LogP contribution in [0.1, 0.15) is 25.0 Å². The topological polar surface area (TPSA) is 103 Å². The Hall–Kier alpha value is -4.60. The number of benzene rings is 4. The minimum Gasteiger partial charge on any atom is -0.497 e. The summed E-state index contributed by atoms with van der Waals surface area (Å²) in [6.07, 6.45) is -0.152. The summed E-state index contributed by atoms with van der Waals surface area (Å²) in [5.74, 6) is 1.31. The Morgan fingerprint density at radius 3 is 2.58 bits per heavy atom. The molecule has 1 aliphatic heterocycles. The number of carbonyl (C=O) groups excluding carboxylic acids is 2. The van der Waals surface area contributed by atoms with Crippen LogP contribution in [-0.2, 0) is 17.8 Å². The zero-order valence-electron chi connectivity index (χ0n) is 26.3. The summed E-state index contributed by atoms with van der Waals surface area (Å²) in [5, 5.41) is 17.8. The van der Waals surface area contributed by atoms with Crippen molar-refractivity contribution in [2.75, 3.05) is 44.5 Å². The highest BCUT2D eigenvalue weighted by atomic mass is 16.5. The molecule has 1 aliphatic rings. The molecule has 0 unspecified atom stereocenters. The molecule has 4 aromatic rings. The van der Waals surface area contributed by atoms with E-state index in [-0.39, 0.29) is 43.0 Å². The molecule has 5 rings (SSSR count). The molecule has 0 radical (unpaired) electrons. The Labute approximate surface area is 264 Å². The number of anilines is 2. The number of ether oxygens (including phenoxy) is 2. The summed E-state index contributed by atoms with van der Waals surface area (Å²) in [7, 11) is 3.70. The zero-order chi connectivity index (χ0) is 31.9. The highest BCUT2D eigenvalue weighted by Gasteiger charge is 2.31. The van der Waals surface area contributed by atoms with Crippen molar-refractivity contribution in [3.05, 3.63) is 96.1 Å². The van der Waals surface area contributed by atoms with Gasteiger partial charge in [0.15, 0.2) is 0 Å². The number of hydrogen-bond donors (Lipinski definition) is 3. The van der Waals surface area contributed by atoms with Gasteiger partial charge in [0.1, 0.15) is 17.6 Å². The Morgan fingerprint density at radius 1 is 1.07 bits per heavy atom. The Kier molecular flexibility index (Phi) is 10.2. The number of urea groups is 1. The predicted molar refractivity (Wildman–Crippen MR) is 178 cm³/mol. The molecule has 0 aliphatic carbocycles. The van der Waals surface area contributed by atoms with E-state index in [2.05, 4.69) is 29.5 Å². The number of aliphatic hydroxyl groups is 1. The number of hydrogen-bond acceptors (Lipinski definition) is 6. The van der Waals surface area contributed by atoms with E-state index in [4.69, 9.17) is 9.47 Å². The van der Waals surface area contributed by atoms with Crippen molar-refractivity contribution in [1.82, 2.24) is 9.80 Å². The van der Waals surface area contributed by atoms with Gasteiger partial charge in [0.25, 0.3) is 0 Å². The summed E-state index contributed by atoms with van der Waals surface area (Å²) in [5.41, 5.74) is 3.08. The fourth-order valence-electron chi connectivity index (χ4n) is 5.76. The maximum Gasteiger partial charge on any atom is 0.323 e. The van der Waals surface area contributed by atoms with Gasteiger partial charge in [-0.2, -0.15) is 0 Å². The number of nitrogens with one attached hydrogen (secondary N) is 2. The lowest BCUT2D eigenvalue weighted by molar-refractivity contribution is -0.134. The number of carbonyl (C=O) groups is 2. The maximum atomic E-state index is 13.6. The minimum atomic E-state index is -0.385. The predicted octanol–water partition coefficient (Wildman–Crippen LogP) is 5.77. The van der Waals surface area contributed by atoms with E-state index in [1.165, 1.54) is 0 Å². The van der Waals surface area contributed by atoms with Gasteiger partial charge in [-0.25, -0.2) is 4.79 Å². The van der Waals surface area contributed by atoms with Gasteiger partial charge in [0.2, 0.25) is 5.91 Å². The van der Waals surface area contributed by atoms with Crippen molar-refractivity contribution in [3.63, 3.8) is 0 Å². The molecule has 3 N–H and O–H groups in total. The Bertz CT molecular complexity index is 1620.